The third kappa shape index (κ3) is 3.82. The summed E-state index contributed by atoms with van der Waals surface area (Å²) < 4.78 is 5.43. The van der Waals surface area contributed by atoms with E-state index in [1.807, 2.05) is 48.2 Å². The monoisotopic (exact) mass is 455 g/mol. The van der Waals surface area contributed by atoms with Crippen LogP contribution in [0.1, 0.15) is 16.1 Å². The molecule has 4 aromatic heterocycles. The van der Waals surface area contributed by atoms with Gasteiger partial charge in [0.15, 0.2) is 0 Å². The Hall–Kier alpha value is -3.69. The Morgan fingerprint density at radius 3 is 2.71 bits per heavy atom. The molecule has 0 atom stereocenters. The molecule has 0 unspecified atom stereocenters. The zero-order chi connectivity index (χ0) is 23.1. The molecule has 4 aromatic rings. The van der Waals surface area contributed by atoms with E-state index in [-0.39, 0.29) is 5.91 Å². The third-order valence-electron chi connectivity index (χ3n) is 6.56. The predicted octanol–water partition coefficient (Wildman–Crippen LogP) is 2.55. The van der Waals surface area contributed by atoms with E-state index in [9.17, 15) is 4.79 Å². The van der Waals surface area contributed by atoms with Gasteiger partial charge in [-0.05, 0) is 37.3 Å². The fourth-order valence-corrected chi connectivity index (χ4v) is 4.61. The highest BCUT2D eigenvalue weighted by Gasteiger charge is 2.35. The lowest BCUT2D eigenvalue weighted by molar-refractivity contribution is -0.0256. The third-order valence-corrected chi connectivity index (χ3v) is 6.56. The van der Waals surface area contributed by atoms with Gasteiger partial charge < -0.3 is 9.64 Å². The quantitative estimate of drug-likeness (QED) is 0.505. The van der Waals surface area contributed by atoms with Gasteiger partial charge in [0.1, 0.15) is 0 Å². The molecule has 1 amide bonds. The lowest BCUT2D eigenvalue weighted by atomic mass is 10.0. The smallest absolute Gasteiger partial charge is 0.255 e. The van der Waals surface area contributed by atoms with E-state index < -0.39 is 0 Å². The fourth-order valence-electron chi connectivity index (χ4n) is 4.61. The summed E-state index contributed by atoms with van der Waals surface area (Å²) in [6.07, 6.45) is 3.40. The molecule has 0 radical (unpaired) electrons. The number of H-pyrrole nitrogens is 1. The van der Waals surface area contributed by atoms with Crippen molar-refractivity contribution in [1.29, 1.82) is 0 Å². The van der Waals surface area contributed by atoms with Gasteiger partial charge in [0.2, 0.25) is 0 Å². The molecule has 2 saturated heterocycles. The number of aryl methyl sites for hydroxylation is 1. The zero-order valence-corrected chi connectivity index (χ0v) is 18.9. The molecule has 9 heteroatoms. The molecule has 2 aliphatic heterocycles. The fraction of sp³-hybridized carbons (Fsp3) is 0.320. The van der Waals surface area contributed by atoms with Crippen molar-refractivity contribution in [1.82, 2.24) is 34.9 Å². The van der Waals surface area contributed by atoms with Gasteiger partial charge in [0.25, 0.3) is 5.91 Å². The number of morpholine rings is 1. The van der Waals surface area contributed by atoms with Crippen LogP contribution in [-0.2, 0) is 4.74 Å². The van der Waals surface area contributed by atoms with Gasteiger partial charge in [0, 0.05) is 49.7 Å². The second-order valence-corrected chi connectivity index (χ2v) is 8.79. The Bertz CT molecular complexity index is 1360. The van der Waals surface area contributed by atoms with Crippen molar-refractivity contribution in [3.63, 3.8) is 0 Å². The SMILES string of the molecule is Cc1cccc(-c2[nH]ncc2-c2ccc3ncc(C(=O)N4CC(N5CCOCC5)C4)cc3n2)n1. The van der Waals surface area contributed by atoms with Gasteiger partial charge in [-0.3, -0.25) is 24.8 Å². The number of rotatable bonds is 4. The second-order valence-electron chi connectivity index (χ2n) is 8.79. The van der Waals surface area contributed by atoms with Gasteiger partial charge >= 0.3 is 0 Å². The summed E-state index contributed by atoms with van der Waals surface area (Å²) >= 11 is 0. The molecule has 172 valence electrons. The van der Waals surface area contributed by atoms with Crippen molar-refractivity contribution in [3.05, 3.63) is 60.0 Å². The van der Waals surface area contributed by atoms with Crippen molar-refractivity contribution in [3.8, 4) is 22.6 Å². The number of carbonyl (C=O) groups excluding carboxylic acids is 1. The summed E-state index contributed by atoms with van der Waals surface area (Å²) in [5.74, 6) is -0.000858. The number of likely N-dealkylation sites (tertiary alicyclic amines) is 1. The second kappa shape index (κ2) is 8.58. The van der Waals surface area contributed by atoms with Gasteiger partial charge in [-0.25, -0.2) is 4.98 Å². The van der Waals surface area contributed by atoms with E-state index in [4.69, 9.17) is 9.72 Å². The molecular weight excluding hydrogens is 430 g/mol. The Morgan fingerprint density at radius 1 is 1.03 bits per heavy atom. The van der Waals surface area contributed by atoms with E-state index in [2.05, 4.69) is 25.1 Å². The molecule has 2 aliphatic rings. The van der Waals surface area contributed by atoms with Gasteiger partial charge in [0.05, 0.1) is 53.1 Å². The van der Waals surface area contributed by atoms with Gasteiger partial charge in [-0.1, -0.05) is 6.07 Å². The van der Waals surface area contributed by atoms with Crippen LogP contribution < -0.4 is 0 Å². The Balaban J connectivity index is 1.25. The van der Waals surface area contributed by atoms with Crippen LogP contribution in [0, 0.1) is 6.92 Å². The molecule has 1 N–H and O–H groups in total. The number of hydrogen-bond donors (Lipinski definition) is 1. The van der Waals surface area contributed by atoms with Gasteiger partial charge in [-0.15, -0.1) is 0 Å². The minimum atomic E-state index is -0.000858. The number of nitrogens with one attached hydrogen (secondary N) is 1. The van der Waals surface area contributed by atoms with Crippen molar-refractivity contribution < 1.29 is 9.53 Å². The van der Waals surface area contributed by atoms with Crippen molar-refractivity contribution in [2.24, 2.45) is 0 Å². The van der Waals surface area contributed by atoms with Crippen LogP contribution >= 0.6 is 0 Å². The van der Waals surface area contributed by atoms with E-state index in [0.29, 0.717) is 17.1 Å². The summed E-state index contributed by atoms with van der Waals surface area (Å²) in [5.41, 5.74) is 6.14. The Morgan fingerprint density at radius 2 is 1.88 bits per heavy atom. The molecule has 0 bridgehead atoms. The minimum absolute atomic E-state index is 0.000858. The van der Waals surface area contributed by atoms with Crippen LogP contribution in [0.25, 0.3) is 33.7 Å². The first kappa shape index (κ1) is 20.9. The average Bonchev–Trinajstić information content (AvgIpc) is 3.33. The highest BCUT2D eigenvalue weighted by molar-refractivity contribution is 5.97. The van der Waals surface area contributed by atoms with E-state index in [1.54, 1.807) is 12.4 Å². The lowest BCUT2D eigenvalue weighted by Gasteiger charge is -2.46. The number of hydrogen-bond acceptors (Lipinski definition) is 7. The molecular formula is C25H25N7O2. The maximum absolute atomic E-state index is 13.1. The largest absolute Gasteiger partial charge is 0.379 e. The van der Waals surface area contributed by atoms with Crippen LogP contribution in [-0.4, -0.2) is 86.3 Å². The van der Waals surface area contributed by atoms with Crippen LogP contribution in [0.2, 0.25) is 0 Å². The molecule has 0 saturated carbocycles. The first-order valence-corrected chi connectivity index (χ1v) is 11.5. The van der Waals surface area contributed by atoms with Crippen molar-refractivity contribution >= 4 is 16.9 Å². The number of aromatic nitrogens is 5. The molecule has 0 aliphatic carbocycles. The average molecular weight is 456 g/mol. The van der Waals surface area contributed by atoms with E-state index in [1.165, 1.54) is 0 Å². The highest BCUT2D eigenvalue weighted by Crippen LogP contribution is 2.29. The van der Waals surface area contributed by atoms with E-state index >= 15 is 0 Å². The summed E-state index contributed by atoms with van der Waals surface area (Å²) in [5, 5.41) is 7.27. The number of amides is 1. The predicted molar refractivity (Wildman–Crippen MR) is 127 cm³/mol. The minimum Gasteiger partial charge on any atom is -0.379 e. The van der Waals surface area contributed by atoms with Gasteiger partial charge in [-0.2, -0.15) is 5.10 Å². The Labute approximate surface area is 196 Å². The van der Waals surface area contributed by atoms with Crippen LogP contribution in [0.5, 0.6) is 0 Å². The maximum atomic E-state index is 13.1. The van der Waals surface area contributed by atoms with Crippen LogP contribution in [0.15, 0.2) is 48.8 Å². The standard InChI is InChI=1S/C25H25N7O2/c1-16-3-2-4-22(28-16)24-19(13-27-30-24)20-5-6-21-23(29-20)11-17(12-26-21)25(33)32-14-18(15-32)31-7-9-34-10-8-31/h2-6,11-13,18H,7-10,14-15H2,1H3,(H,27,30). The summed E-state index contributed by atoms with van der Waals surface area (Å²) in [6, 6.07) is 12.0. The molecule has 6 heterocycles. The normalized spacial score (nSPS) is 17.1. The topological polar surface area (TPSA) is 100 Å². The molecule has 6 rings (SSSR count). The first-order valence-electron chi connectivity index (χ1n) is 11.5. The molecule has 34 heavy (non-hydrogen) atoms. The maximum Gasteiger partial charge on any atom is 0.255 e. The number of nitrogens with zero attached hydrogens (tertiary/aromatic N) is 6. The lowest BCUT2D eigenvalue weighted by Crippen LogP contribution is -2.62. The number of carbonyl (C=O) groups is 1. The summed E-state index contributed by atoms with van der Waals surface area (Å²) in [4.78, 5) is 31.3. The molecule has 2 fully saturated rings. The van der Waals surface area contributed by atoms with Crippen LogP contribution in [0.3, 0.4) is 0 Å². The number of aromatic amines is 1. The van der Waals surface area contributed by atoms with Crippen molar-refractivity contribution in [2.75, 3.05) is 39.4 Å². The molecule has 0 spiro atoms. The molecule has 9 nitrogen and oxygen atoms in total. The van der Waals surface area contributed by atoms with Crippen molar-refractivity contribution in [2.45, 2.75) is 13.0 Å². The van der Waals surface area contributed by atoms with E-state index in [0.717, 1.165) is 73.2 Å². The zero-order valence-electron chi connectivity index (χ0n) is 18.9. The first-order chi connectivity index (χ1) is 16.7. The summed E-state index contributed by atoms with van der Waals surface area (Å²) in [7, 11) is 0. The van der Waals surface area contributed by atoms with Crippen LogP contribution in [0.4, 0.5) is 0 Å². The highest BCUT2D eigenvalue weighted by atomic mass is 16.5. The Kier molecular flexibility index (Phi) is 5.27. The number of pyridine rings is 3. The summed E-state index contributed by atoms with van der Waals surface area (Å²) in [6.45, 7) is 6.85. The molecule has 0 aromatic carbocycles. The number of fused-ring (bicyclic) bond motifs is 1. The number of ether oxygens (including phenoxy) is 1.